The average Bonchev–Trinajstić information content (AvgIpc) is 3.40. The van der Waals surface area contributed by atoms with Crippen molar-refractivity contribution >= 4 is 28.7 Å². The number of aromatic nitrogens is 1. The van der Waals surface area contributed by atoms with Crippen LogP contribution >= 0.6 is 0 Å². The molecule has 3 heterocycles. The molecule has 0 radical (unpaired) electrons. The van der Waals surface area contributed by atoms with Gasteiger partial charge in [-0.1, -0.05) is 18.2 Å². The van der Waals surface area contributed by atoms with Gasteiger partial charge in [0.1, 0.15) is 11.8 Å². The van der Waals surface area contributed by atoms with E-state index in [2.05, 4.69) is 15.2 Å². The maximum absolute atomic E-state index is 12.4. The van der Waals surface area contributed by atoms with Crippen molar-refractivity contribution < 1.29 is 18.8 Å². The van der Waals surface area contributed by atoms with Crippen LogP contribution in [0.25, 0.3) is 10.9 Å². The molecule has 144 valence electrons. The molecular weight excluding hydrogens is 360 g/mol. The summed E-state index contributed by atoms with van der Waals surface area (Å²) in [5.74, 6) is -0.199. The second-order valence-corrected chi connectivity index (χ2v) is 6.63. The molecule has 3 aromatic rings. The number of carbonyl (C=O) groups excluding carboxylic acids is 3. The van der Waals surface area contributed by atoms with Gasteiger partial charge in [-0.15, -0.1) is 0 Å². The van der Waals surface area contributed by atoms with Crippen LogP contribution in [0.3, 0.4) is 0 Å². The van der Waals surface area contributed by atoms with Crippen LogP contribution in [0.15, 0.2) is 59.3 Å². The zero-order chi connectivity index (χ0) is 19.5. The summed E-state index contributed by atoms with van der Waals surface area (Å²) in [6, 6.07) is 12.0. The normalized spacial score (nSPS) is 16.6. The van der Waals surface area contributed by atoms with Crippen molar-refractivity contribution in [3.05, 3.63) is 60.7 Å². The molecule has 4 rings (SSSR count). The first-order valence-corrected chi connectivity index (χ1v) is 9.06. The molecular formula is C20H20N4O4. The number of furan rings is 1. The van der Waals surface area contributed by atoms with E-state index in [0.29, 0.717) is 18.8 Å². The minimum Gasteiger partial charge on any atom is -0.467 e. The smallest absolute Gasteiger partial charge is 0.325 e. The summed E-state index contributed by atoms with van der Waals surface area (Å²) >= 11 is 0. The molecule has 0 aliphatic carbocycles. The van der Waals surface area contributed by atoms with Gasteiger partial charge in [0, 0.05) is 24.8 Å². The fourth-order valence-electron chi connectivity index (χ4n) is 3.33. The standard InChI is InChI=1S/C20H20N4O4/c25-18(21-8-10-23-9-7-14-4-1-2-6-17(14)23)12-16-19(26)24(20(27)22-16)13-15-5-3-11-28-15/h1-7,9,11,16H,8,10,12-13H2,(H,21,25)(H,22,27). The molecule has 2 N–H and O–H groups in total. The van der Waals surface area contributed by atoms with Crippen LogP contribution < -0.4 is 10.6 Å². The molecule has 1 aliphatic rings. The van der Waals surface area contributed by atoms with E-state index < -0.39 is 18.0 Å². The lowest BCUT2D eigenvalue weighted by Gasteiger charge is -2.12. The van der Waals surface area contributed by atoms with Crippen molar-refractivity contribution in [2.24, 2.45) is 0 Å². The van der Waals surface area contributed by atoms with Gasteiger partial charge in [-0.25, -0.2) is 4.79 Å². The summed E-state index contributed by atoms with van der Waals surface area (Å²) in [5.41, 5.74) is 1.10. The largest absolute Gasteiger partial charge is 0.467 e. The number of fused-ring (bicyclic) bond motifs is 1. The van der Waals surface area contributed by atoms with Gasteiger partial charge in [-0.05, 0) is 29.7 Å². The summed E-state index contributed by atoms with van der Waals surface area (Å²) in [5, 5.41) is 6.51. The quantitative estimate of drug-likeness (QED) is 0.612. The monoisotopic (exact) mass is 380 g/mol. The number of nitrogens with one attached hydrogen (secondary N) is 2. The van der Waals surface area contributed by atoms with Crippen LogP contribution in [0, 0.1) is 0 Å². The number of nitrogens with zero attached hydrogens (tertiary/aromatic N) is 2. The van der Waals surface area contributed by atoms with Gasteiger partial charge in [0.15, 0.2) is 0 Å². The number of hydrogen-bond donors (Lipinski definition) is 2. The van der Waals surface area contributed by atoms with Gasteiger partial charge in [-0.2, -0.15) is 0 Å². The molecule has 8 nitrogen and oxygen atoms in total. The summed E-state index contributed by atoms with van der Waals surface area (Å²) in [4.78, 5) is 37.7. The molecule has 0 bridgehead atoms. The first-order chi connectivity index (χ1) is 13.6. The number of hydrogen-bond acceptors (Lipinski definition) is 4. The lowest BCUT2D eigenvalue weighted by atomic mass is 10.2. The minimum atomic E-state index is -0.852. The Kier molecular flexibility index (Phi) is 4.84. The molecule has 1 saturated heterocycles. The third kappa shape index (κ3) is 3.62. The number of para-hydroxylation sites is 1. The van der Waals surface area contributed by atoms with Crippen molar-refractivity contribution in [2.45, 2.75) is 25.6 Å². The highest BCUT2D eigenvalue weighted by atomic mass is 16.3. The van der Waals surface area contributed by atoms with Crippen molar-refractivity contribution in [1.82, 2.24) is 20.1 Å². The Labute approximate surface area is 161 Å². The fraction of sp³-hybridized carbons (Fsp3) is 0.250. The molecule has 0 spiro atoms. The number of urea groups is 1. The maximum atomic E-state index is 12.4. The van der Waals surface area contributed by atoms with Crippen molar-refractivity contribution in [3.63, 3.8) is 0 Å². The van der Waals surface area contributed by atoms with Crippen molar-refractivity contribution in [3.8, 4) is 0 Å². The molecule has 0 saturated carbocycles. The number of rotatable bonds is 7. The van der Waals surface area contributed by atoms with E-state index in [0.717, 1.165) is 15.8 Å². The van der Waals surface area contributed by atoms with Crippen LogP contribution in [-0.2, 0) is 22.7 Å². The highest BCUT2D eigenvalue weighted by Gasteiger charge is 2.39. The summed E-state index contributed by atoms with van der Waals surface area (Å²) < 4.78 is 7.23. The first-order valence-electron chi connectivity index (χ1n) is 9.06. The van der Waals surface area contributed by atoms with Gasteiger partial charge < -0.3 is 19.6 Å². The van der Waals surface area contributed by atoms with Gasteiger partial charge in [-0.3, -0.25) is 14.5 Å². The van der Waals surface area contributed by atoms with E-state index >= 15 is 0 Å². The molecule has 1 atom stereocenters. The zero-order valence-corrected chi connectivity index (χ0v) is 15.1. The molecule has 28 heavy (non-hydrogen) atoms. The van der Waals surface area contributed by atoms with Crippen LogP contribution in [0.1, 0.15) is 12.2 Å². The van der Waals surface area contributed by atoms with Gasteiger partial charge in [0.05, 0.1) is 19.2 Å². The summed E-state index contributed by atoms with van der Waals surface area (Å²) in [6.45, 7) is 1.10. The van der Waals surface area contributed by atoms with Crippen LogP contribution in [-0.4, -0.2) is 39.9 Å². The molecule has 1 aromatic carbocycles. The number of carbonyl (C=O) groups is 3. The minimum absolute atomic E-state index is 0.0521. The lowest BCUT2D eigenvalue weighted by Crippen LogP contribution is -2.37. The number of amides is 4. The zero-order valence-electron chi connectivity index (χ0n) is 15.1. The maximum Gasteiger partial charge on any atom is 0.325 e. The third-order valence-corrected chi connectivity index (χ3v) is 4.75. The highest BCUT2D eigenvalue weighted by Crippen LogP contribution is 2.15. The third-order valence-electron chi connectivity index (χ3n) is 4.75. The second kappa shape index (κ2) is 7.59. The van der Waals surface area contributed by atoms with Gasteiger partial charge in [0.25, 0.3) is 5.91 Å². The molecule has 1 unspecified atom stereocenters. The Hall–Kier alpha value is -3.55. The fourth-order valence-corrected chi connectivity index (χ4v) is 3.33. The Morgan fingerprint density at radius 2 is 2.00 bits per heavy atom. The van der Waals surface area contributed by atoms with E-state index in [1.165, 1.54) is 6.26 Å². The number of imide groups is 1. The molecule has 2 aromatic heterocycles. The highest BCUT2D eigenvalue weighted by molar-refractivity contribution is 6.05. The van der Waals surface area contributed by atoms with E-state index in [4.69, 9.17) is 4.42 Å². The van der Waals surface area contributed by atoms with E-state index in [1.807, 2.05) is 36.5 Å². The van der Waals surface area contributed by atoms with E-state index in [9.17, 15) is 14.4 Å². The average molecular weight is 380 g/mol. The van der Waals surface area contributed by atoms with Crippen molar-refractivity contribution in [1.29, 1.82) is 0 Å². The summed E-state index contributed by atoms with van der Waals surface area (Å²) in [7, 11) is 0. The lowest BCUT2D eigenvalue weighted by molar-refractivity contribution is -0.131. The second-order valence-electron chi connectivity index (χ2n) is 6.63. The molecule has 4 amide bonds. The van der Waals surface area contributed by atoms with Crippen molar-refractivity contribution in [2.75, 3.05) is 6.54 Å². The number of benzene rings is 1. The van der Waals surface area contributed by atoms with Crippen LogP contribution in [0.2, 0.25) is 0 Å². The molecule has 1 fully saturated rings. The molecule has 1 aliphatic heterocycles. The van der Waals surface area contributed by atoms with E-state index in [1.54, 1.807) is 12.1 Å². The Morgan fingerprint density at radius 1 is 1.14 bits per heavy atom. The predicted octanol–water partition coefficient (Wildman–Crippen LogP) is 1.86. The topological polar surface area (TPSA) is 96.6 Å². The molecule has 8 heteroatoms. The predicted molar refractivity (Wildman–Crippen MR) is 101 cm³/mol. The summed E-state index contributed by atoms with van der Waals surface area (Å²) in [6.07, 6.45) is 3.36. The Morgan fingerprint density at radius 3 is 2.82 bits per heavy atom. The van der Waals surface area contributed by atoms with Crippen LogP contribution in [0.5, 0.6) is 0 Å². The Bertz CT molecular complexity index is 1010. The Balaban J connectivity index is 1.28. The van der Waals surface area contributed by atoms with E-state index in [-0.39, 0.29) is 18.9 Å². The first kappa shape index (κ1) is 17.8. The van der Waals surface area contributed by atoms with Crippen LogP contribution in [0.4, 0.5) is 4.79 Å². The van der Waals surface area contributed by atoms with Gasteiger partial charge >= 0.3 is 6.03 Å². The van der Waals surface area contributed by atoms with Gasteiger partial charge in [0.2, 0.25) is 5.91 Å². The SMILES string of the molecule is O=C(CC1NC(=O)N(Cc2ccco2)C1=O)NCCn1ccc2ccccc21.